The summed E-state index contributed by atoms with van der Waals surface area (Å²) in [7, 11) is -2.78. The second kappa shape index (κ2) is 9.75. The van der Waals surface area contributed by atoms with Gasteiger partial charge in [0.15, 0.2) is 5.82 Å². The maximum Gasteiger partial charge on any atom is 0.266 e. The molecule has 1 amide bonds. The number of methoxy groups -OCH3 is 1. The van der Waals surface area contributed by atoms with Crippen LogP contribution in [0.4, 0.5) is 10.2 Å². The van der Waals surface area contributed by atoms with Gasteiger partial charge in [0.05, 0.1) is 24.6 Å². The number of carbonyl (C=O) groups is 1. The van der Waals surface area contributed by atoms with Crippen molar-refractivity contribution in [2.75, 3.05) is 11.8 Å². The van der Waals surface area contributed by atoms with E-state index in [0.29, 0.717) is 35.3 Å². The number of hydrogen-bond acceptors (Lipinski definition) is 5. The van der Waals surface area contributed by atoms with Crippen LogP contribution in [0, 0.1) is 12.7 Å². The fourth-order valence-corrected chi connectivity index (χ4v) is 4.97. The van der Waals surface area contributed by atoms with Crippen LogP contribution < -0.4 is 14.8 Å². The number of aromatic nitrogens is 2. The zero-order valence-corrected chi connectivity index (χ0v) is 20.3. The number of hydrogen-bond donors (Lipinski definition) is 2. The Morgan fingerprint density at radius 1 is 1.09 bits per heavy atom. The van der Waals surface area contributed by atoms with E-state index in [1.165, 1.54) is 26.2 Å². The van der Waals surface area contributed by atoms with E-state index in [4.69, 9.17) is 4.74 Å². The van der Waals surface area contributed by atoms with Crippen LogP contribution >= 0.6 is 0 Å². The first kappa shape index (κ1) is 24.2. The summed E-state index contributed by atoms with van der Waals surface area (Å²) in [6.07, 6.45) is 0. The first-order valence-corrected chi connectivity index (χ1v) is 12.3. The number of nitrogens with one attached hydrogen (secondary N) is 2. The maximum atomic E-state index is 14.4. The maximum absolute atomic E-state index is 14.4. The lowest BCUT2D eigenvalue weighted by Crippen LogP contribution is -2.19. The van der Waals surface area contributed by atoms with Crippen LogP contribution in [0.3, 0.4) is 0 Å². The first-order chi connectivity index (χ1) is 16.7. The fraction of sp³-hybridized carbons (Fsp3) is 0.200. The molecule has 182 valence electrons. The molecule has 0 saturated carbocycles. The van der Waals surface area contributed by atoms with Crippen LogP contribution in [0.1, 0.15) is 23.6 Å². The monoisotopic (exact) mass is 496 g/mol. The van der Waals surface area contributed by atoms with E-state index in [1.807, 2.05) is 24.3 Å². The van der Waals surface area contributed by atoms with Crippen molar-refractivity contribution in [1.82, 2.24) is 15.1 Å². The van der Waals surface area contributed by atoms with E-state index in [9.17, 15) is 17.6 Å². The van der Waals surface area contributed by atoms with Crippen molar-refractivity contribution in [3.8, 4) is 5.75 Å². The summed E-state index contributed by atoms with van der Waals surface area (Å²) in [5.41, 5.74) is 3.07. The summed E-state index contributed by atoms with van der Waals surface area (Å²) >= 11 is 0. The third-order valence-electron chi connectivity index (χ3n) is 5.43. The zero-order chi connectivity index (χ0) is 25.2. The molecule has 0 fully saturated rings. The second-order valence-electron chi connectivity index (χ2n) is 8.13. The van der Waals surface area contributed by atoms with Gasteiger partial charge in [0.25, 0.3) is 10.0 Å². The minimum atomic E-state index is -4.26. The lowest BCUT2D eigenvalue weighted by atomic mass is 10.1. The summed E-state index contributed by atoms with van der Waals surface area (Å²) < 4.78 is 50.1. The Balaban J connectivity index is 1.74. The van der Waals surface area contributed by atoms with Gasteiger partial charge >= 0.3 is 0 Å². The Labute approximate surface area is 202 Å². The number of rotatable bonds is 8. The molecule has 0 saturated heterocycles. The molecule has 0 spiro atoms. The normalized spacial score (nSPS) is 11.4. The molecule has 0 bridgehead atoms. The van der Waals surface area contributed by atoms with Crippen LogP contribution in [0.25, 0.3) is 10.9 Å². The van der Waals surface area contributed by atoms with Gasteiger partial charge in [0.2, 0.25) is 5.91 Å². The molecule has 4 rings (SSSR count). The standard InChI is InChI=1S/C25H25FN4O4S/c1-16-10-11-20(26)23(12-16)35(32,33)29-25-24-21(8-5-9-22(24)34-3)30(28-25)15-19-7-4-6-18(13-19)14-27-17(2)31/h4-13H,14-15H2,1-3H3,(H,27,31)(H,28,29). The summed E-state index contributed by atoms with van der Waals surface area (Å²) in [6, 6.07) is 16.8. The molecule has 0 aliphatic rings. The number of amides is 1. The molecule has 0 radical (unpaired) electrons. The molecule has 1 heterocycles. The minimum Gasteiger partial charge on any atom is -0.496 e. The molecule has 10 heteroatoms. The number of nitrogens with zero attached hydrogens (tertiary/aromatic N) is 2. The summed E-state index contributed by atoms with van der Waals surface area (Å²) in [5, 5.41) is 7.74. The molecule has 0 aliphatic carbocycles. The first-order valence-electron chi connectivity index (χ1n) is 10.8. The van der Waals surface area contributed by atoms with Crippen molar-refractivity contribution >= 4 is 32.7 Å². The highest BCUT2D eigenvalue weighted by Crippen LogP contribution is 2.34. The Hall–Kier alpha value is -3.92. The van der Waals surface area contributed by atoms with Gasteiger partial charge in [-0.3, -0.25) is 14.2 Å². The number of sulfonamides is 1. The van der Waals surface area contributed by atoms with Crippen molar-refractivity contribution in [3.63, 3.8) is 0 Å². The van der Waals surface area contributed by atoms with Crippen molar-refractivity contribution in [2.45, 2.75) is 31.8 Å². The molecule has 1 aromatic heterocycles. The summed E-state index contributed by atoms with van der Waals surface area (Å²) in [4.78, 5) is 10.8. The van der Waals surface area contributed by atoms with E-state index in [1.54, 1.807) is 29.8 Å². The third kappa shape index (κ3) is 5.27. The lowest BCUT2D eigenvalue weighted by molar-refractivity contribution is -0.119. The van der Waals surface area contributed by atoms with E-state index in [2.05, 4.69) is 15.1 Å². The Kier molecular flexibility index (Phi) is 6.74. The predicted octanol–water partition coefficient (Wildman–Crippen LogP) is 3.98. The van der Waals surface area contributed by atoms with Crippen LogP contribution in [0.2, 0.25) is 0 Å². The van der Waals surface area contributed by atoms with E-state index < -0.39 is 20.7 Å². The molecule has 3 aromatic carbocycles. The molecule has 2 N–H and O–H groups in total. The number of carbonyl (C=O) groups excluding carboxylic acids is 1. The van der Waals surface area contributed by atoms with Crippen LogP contribution in [-0.4, -0.2) is 31.2 Å². The lowest BCUT2D eigenvalue weighted by Gasteiger charge is -2.09. The quantitative estimate of drug-likeness (QED) is 0.384. The predicted molar refractivity (Wildman–Crippen MR) is 131 cm³/mol. The number of aryl methyl sites for hydroxylation is 1. The van der Waals surface area contributed by atoms with Gasteiger partial charge in [0, 0.05) is 13.5 Å². The highest BCUT2D eigenvalue weighted by Gasteiger charge is 2.24. The van der Waals surface area contributed by atoms with Gasteiger partial charge in [-0.1, -0.05) is 36.4 Å². The van der Waals surface area contributed by atoms with Crippen molar-refractivity contribution in [1.29, 1.82) is 0 Å². The molecule has 0 unspecified atom stereocenters. The number of ether oxygens (including phenoxy) is 1. The van der Waals surface area contributed by atoms with Crippen LogP contribution in [-0.2, 0) is 27.9 Å². The Bertz CT molecular complexity index is 1520. The minimum absolute atomic E-state index is 0.0350. The van der Waals surface area contributed by atoms with Gasteiger partial charge in [0.1, 0.15) is 16.5 Å². The molecular formula is C25H25FN4O4S. The summed E-state index contributed by atoms with van der Waals surface area (Å²) in [5.74, 6) is -0.513. The zero-order valence-electron chi connectivity index (χ0n) is 19.5. The van der Waals surface area contributed by atoms with Gasteiger partial charge in [-0.2, -0.15) is 5.10 Å². The van der Waals surface area contributed by atoms with Gasteiger partial charge in [-0.25, -0.2) is 12.8 Å². The van der Waals surface area contributed by atoms with Crippen LogP contribution in [0.5, 0.6) is 5.75 Å². The molecule has 4 aromatic rings. The van der Waals surface area contributed by atoms with Crippen molar-refractivity contribution in [2.24, 2.45) is 0 Å². The van der Waals surface area contributed by atoms with E-state index in [0.717, 1.165) is 17.2 Å². The Morgan fingerprint density at radius 2 is 1.83 bits per heavy atom. The fourth-order valence-electron chi connectivity index (χ4n) is 3.80. The highest BCUT2D eigenvalue weighted by molar-refractivity contribution is 7.92. The summed E-state index contributed by atoms with van der Waals surface area (Å²) in [6.45, 7) is 3.87. The van der Waals surface area contributed by atoms with Gasteiger partial charge in [-0.05, 0) is 47.9 Å². The van der Waals surface area contributed by atoms with Crippen LogP contribution in [0.15, 0.2) is 65.6 Å². The highest BCUT2D eigenvalue weighted by atomic mass is 32.2. The molecular weight excluding hydrogens is 471 g/mol. The largest absolute Gasteiger partial charge is 0.496 e. The number of halogens is 1. The third-order valence-corrected chi connectivity index (χ3v) is 6.79. The van der Waals surface area contributed by atoms with E-state index >= 15 is 0 Å². The molecule has 35 heavy (non-hydrogen) atoms. The smallest absolute Gasteiger partial charge is 0.266 e. The number of fused-ring (bicyclic) bond motifs is 1. The average Bonchev–Trinajstić information content (AvgIpc) is 3.16. The molecule has 0 aliphatic heterocycles. The van der Waals surface area contributed by atoms with Gasteiger partial charge < -0.3 is 10.1 Å². The van der Waals surface area contributed by atoms with Crippen molar-refractivity contribution < 1.29 is 22.3 Å². The molecule has 0 atom stereocenters. The number of anilines is 1. The SMILES string of the molecule is COc1cccc2c1c(NS(=O)(=O)c1cc(C)ccc1F)nn2Cc1cccc(CNC(C)=O)c1. The second-order valence-corrected chi connectivity index (χ2v) is 9.78. The molecule has 8 nitrogen and oxygen atoms in total. The van der Waals surface area contributed by atoms with Crippen molar-refractivity contribution in [3.05, 3.63) is 83.2 Å². The number of benzene rings is 3. The topological polar surface area (TPSA) is 102 Å². The van der Waals surface area contributed by atoms with Gasteiger partial charge in [-0.15, -0.1) is 0 Å². The average molecular weight is 497 g/mol. The Morgan fingerprint density at radius 3 is 2.57 bits per heavy atom. The van der Waals surface area contributed by atoms with E-state index in [-0.39, 0.29) is 11.7 Å².